The van der Waals surface area contributed by atoms with Crippen molar-refractivity contribution in [2.24, 2.45) is 5.92 Å². The van der Waals surface area contributed by atoms with Crippen LogP contribution in [0, 0.1) is 5.92 Å². The molecule has 0 aromatic heterocycles. The zero-order valence-corrected chi connectivity index (χ0v) is 18.3. The second-order valence-corrected chi connectivity index (χ2v) is 8.36. The maximum absolute atomic E-state index is 13.2. The predicted molar refractivity (Wildman–Crippen MR) is 121 cm³/mol. The first-order chi connectivity index (χ1) is 15.6. The lowest BCUT2D eigenvalue weighted by atomic mass is 10.0. The zero-order chi connectivity index (χ0) is 22.5. The molecule has 0 bridgehead atoms. The summed E-state index contributed by atoms with van der Waals surface area (Å²) >= 11 is 0. The lowest BCUT2D eigenvalue weighted by molar-refractivity contribution is -0.136. The number of ether oxygens (including phenoxy) is 1. The Kier molecular flexibility index (Phi) is 6.73. The SMILES string of the molecule is COc1ccccc1N1CC(C(=O)NC(Cc2ccccc2)C(=O)N2CCCC2)CC1=O. The largest absolute Gasteiger partial charge is 0.495 e. The maximum Gasteiger partial charge on any atom is 0.245 e. The molecule has 2 unspecified atom stereocenters. The highest BCUT2D eigenvalue weighted by Crippen LogP contribution is 2.32. The van der Waals surface area contributed by atoms with Crippen molar-refractivity contribution in [1.82, 2.24) is 10.2 Å². The number of hydrogen-bond acceptors (Lipinski definition) is 4. The molecule has 2 aromatic rings. The van der Waals surface area contributed by atoms with E-state index in [4.69, 9.17) is 4.74 Å². The van der Waals surface area contributed by atoms with E-state index in [0.29, 0.717) is 17.9 Å². The minimum absolute atomic E-state index is 0.0504. The number of methoxy groups -OCH3 is 1. The number of benzene rings is 2. The molecule has 0 radical (unpaired) electrons. The molecule has 32 heavy (non-hydrogen) atoms. The third kappa shape index (κ3) is 4.77. The molecule has 1 N–H and O–H groups in total. The lowest BCUT2D eigenvalue weighted by Gasteiger charge is -2.25. The van der Waals surface area contributed by atoms with Gasteiger partial charge in [-0.1, -0.05) is 42.5 Å². The number of rotatable bonds is 7. The highest BCUT2D eigenvalue weighted by atomic mass is 16.5. The molecule has 2 saturated heterocycles. The van der Waals surface area contributed by atoms with Crippen molar-refractivity contribution in [2.45, 2.75) is 31.7 Å². The fourth-order valence-corrected chi connectivity index (χ4v) is 4.47. The van der Waals surface area contributed by atoms with Gasteiger partial charge >= 0.3 is 0 Å². The Labute approximate surface area is 188 Å². The highest BCUT2D eigenvalue weighted by molar-refractivity contribution is 6.02. The van der Waals surface area contributed by atoms with E-state index in [2.05, 4.69) is 5.32 Å². The van der Waals surface area contributed by atoms with E-state index in [1.54, 1.807) is 18.1 Å². The number of nitrogens with one attached hydrogen (secondary N) is 1. The Morgan fingerprint density at radius 2 is 1.75 bits per heavy atom. The van der Waals surface area contributed by atoms with E-state index in [1.807, 2.05) is 53.4 Å². The molecule has 0 spiro atoms. The maximum atomic E-state index is 13.2. The molecular weight excluding hydrogens is 406 g/mol. The van der Waals surface area contributed by atoms with Gasteiger partial charge in [0, 0.05) is 32.5 Å². The Balaban J connectivity index is 1.47. The van der Waals surface area contributed by atoms with Gasteiger partial charge in [-0.25, -0.2) is 0 Å². The molecule has 0 aliphatic carbocycles. The average molecular weight is 436 g/mol. The third-order valence-corrected chi connectivity index (χ3v) is 6.19. The van der Waals surface area contributed by atoms with E-state index in [0.717, 1.165) is 31.5 Å². The van der Waals surface area contributed by atoms with Crippen molar-refractivity contribution in [3.05, 3.63) is 60.2 Å². The van der Waals surface area contributed by atoms with Crippen LogP contribution in [0.15, 0.2) is 54.6 Å². The van der Waals surface area contributed by atoms with Gasteiger partial charge < -0.3 is 19.9 Å². The molecule has 2 aromatic carbocycles. The minimum Gasteiger partial charge on any atom is -0.495 e. The number of likely N-dealkylation sites (tertiary alicyclic amines) is 1. The number of nitrogens with zero attached hydrogens (tertiary/aromatic N) is 2. The van der Waals surface area contributed by atoms with E-state index in [1.165, 1.54) is 0 Å². The van der Waals surface area contributed by atoms with Crippen LogP contribution in [0.3, 0.4) is 0 Å². The molecule has 2 atom stereocenters. The van der Waals surface area contributed by atoms with Crippen molar-refractivity contribution in [3.63, 3.8) is 0 Å². The summed E-state index contributed by atoms with van der Waals surface area (Å²) in [4.78, 5) is 42.4. The number of anilines is 1. The number of para-hydroxylation sites is 2. The van der Waals surface area contributed by atoms with Crippen LogP contribution < -0.4 is 15.0 Å². The van der Waals surface area contributed by atoms with Crippen LogP contribution in [-0.4, -0.2) is 55.4 Å². The summed E-state index contributed by atoms with van der Waals surface area (Å²) in [6.07, 6.45) is 2.52. The summed E-state index contributed by atoms with van der Waals surface area (Å²) in [7, 11) is 1.56. The molecule has 3 amide bonds. The zero-order valence-electron chi connectivity index (χ0n) is 18.3. The van der Waals surface area contributed by atoms with E-state index in [9.17, 15) is 14.4 Å². The smallest absolute Gasteiger partial charge is 0.245 e. The van der Waals surface area contributed by atoms with E-state index < -0.39 is 12.0 Å². The average Bonchev–Trinajstić information content (AvgIpc) is 3.49. The van der Waals surface area contributed by atoms with Crippen molar-refractivity contribution in [1.29, 1.82) is 0 Å². The summed E-state index contributed by atoms with van der Waals surface area (Å²) in [5.41, 5.74) is 1.65. The Morgan fingerprint density at radius 1 is 1.06 bits per heavy atom. The van der Waals surface area contributed by atoms with Gasteiger partial charge in [0.1, 0.15) is 11.8 Å². The normalized spacial score (nSPS) is 19.2. The molecule has 168 valence electrons. The topological polar surface area (TPSA) is 79.0 Å². The number of carbonyl (C=O) groups is 3. The second kappa shape index (κ2) is 9.85. The van der Waals surface area contributed by atoms with Crippen LogP contribution in [0.4, 0.5) is 5.69 Å². The molecule has 2 aliphatic heterocycles. The van der Waals surface area contributed by atoms with Gasteiger partial charge in [0.15, 0.2) is 0 Å². The Hall–Kier alpha value is -3.35. The van der Waals surface area contributed by atoms with Gasteiger partial charge in [-0.2, -0.15) is 0 Å². The summed E-state index contributed by atoms with van der Waals surface area (Å²) in [5, 5.41) is 2.96. The fourth-order valence-electron chi connectivity index (χ4n) is 4.47. The second-order valence-electron chi connectivity index (χ2n) is 8.36. The number of carbonyl (C=O) groups excluding carboxylic acids is 3. The van der Waals surface area contributed by atoms with Gasteiger partial charge in [-0.3, -0.25) is 14.4 Å². The van der Waals surface area contributed by atoms with Gasteiger partial charge in [0.2, 0.25) is 17.7 Å². The first-order valence-electron chi connectivity index (χ1n) is 11.1. The highest BCUT2D eigenvalue weighted by Gasteiger charge is 2.38. The fraction of sp³-hybridized carbons (Fsp3) is 0.400. The first kappa shape index (κ1) is 21.9. The minimum atomic E-state index is -0.640. The predicted octanol–water partition coefficient (Wildman–Crippen LogP) is 2.40. The molecule has 2 heterocycles. The lowest BCUT2D eigenvalue weighted by Crippen LogP contribution is -2.50. The van der Waals surface area contributed by atoms with Crippen LogP contribution in [0.2, 0.25) is 0 Å². The molecule has 7 heteroatoms. The molecule has 2 aliphatic rings. The van der Waals surface area contributed by atoms with Crippen molar-refractivity contribution < 1.29 is 19.1 Å². The van der Waals surface area contributed by atoms with E-state index in [-0.39, 0.29) is 30.7 Å². The molecule has 7 nitrogen and oxygen atoms in total. The first-order valence-corrected chi connectivity index (χ1v) is 11.1. The van der Waals surface area contributed by atoms with E-state index >= 15 is 0 Å². The van der Waals surface area contributed by atoms with Crippen molar-refractivity contribution in [2.75, 3.05) is 31.6 Å². The van der Waals surface area contributed by atoms with Gasteiger partial charge in [-0.15, -0.1) is 0 Å². The van der Waals surface area contributed by atoms with Crippen molar-refractivity contribution in [3.8, 4) is 5.75 Å². The van der Waals surface area contributed by atoms with Gasteiger partial charge in [0.25, 0.3) is 0 Å². The van der Waals surface area contributed by atoms with Gasteiger partial charge in [-0.05, 0) is 30.5 Å². The molecule has 2 fully saturated rings. The van der Waals surface area contributed by atoms with Crippen molar-refractivity contribution >= 4 is 23.4 Å². The third-order valence-electron chi connectivity index (χ3n) is 6.19. The number of hydrogen-bond donors (Lipinski definition) is 1. The van der Waals surface area contributed by atoms with Crippen LogP contribution >= 0.6 is 0 Å². The van der Waals surface area contributed by atoms with Crippen LogP contribution in [-0.2, 0) is 20.8 Å². The Bertz CT molecular complexity index is 972. The monoisotopic (exact) mass is 435 g/mol. The van der Waals surface area contributed by atoms with Gasteiger partial charge in [0.05, 0.1) is 18.7 Å². The van der Waals surface area contributed by atoms with Crippen LogP contribution in [0.1, 0.15) is 24.8 Å². The summed E-state index contributed by atoms with van der Waals surface area (Å²) in [5.74, 6) is -0.361. The summed E-state index contributed by atoms with van der Waals surface area (Å²) < 4.78 is 5.38. The molecular formula is C25H29N3O4. The summed E-state index contributed by atoms with van der Waals surface area (Å²) in [6, 6.07) is 16.3. The van der Waals surface area contributed by atoms with Crippen LogP contribution in [0.5, 0.6) is 5.75 Å². The molecule has 4 rings (SSSR count). The number of amides is 3. The van der Waals surface area contributed by atoms with Crippen LogP contribution in [0.25, 0.3) is 0 Å². The Morgan fingerprint density at radius 3 is 2.47 bits per heavy atom. The molecule has 0 saturated carbocycles. The quantitative estimate of drug-likeness (QED) is 0.724. The summed E-state index contributed by atoms with van der Waals surface area (Å²) in [6.45, 7) is 1.72. The standard InChI is InChI=1S/C25H29N3O4/c1-32-22-12-6-5-11-21(22)28-17-19(16-23(28)29)24(30)26-20(15-18-9-3-2-4-10-18)25(31)27-13-7-8-14-27/h2-6,9-12,19-20H,7-8,13-17H2,1H3,(H,26,30).